The number of para-hydroxylation sites is 2. The molecule has 3 aromatic carbocycles. The first-order chi connectivity index (χ1) is 18.6. The second kappa shape index (κ2) is 10.8. The Morgan fingerprint density at radius 3 is 2.08 bits per heavy atom. The Balaban J connectivity index is 1.47. The maximum Gasteiger partial charge on any atom is 0.272 e. The zero-order valence-electron chi connectivity index (χ0n) is 20.1. The van der Waals surface area contributed by atoms with Crippen LogP contribution in [0, 0.1) is 0 Å². The number of thiophene rings is 1. The predicted molar refractivity (Wildman–Crippen MR) is 156 cm³/mol. The first-order valence-electron chi connectivity index (χ1n) is 11.2. The van der Waals surface area contributed by atoms with Crippen LogP contribution in [0.4, 0.5) is 23.0 Å². The van der Waals surface area contributed by atoms with Gasteiger partial charge < -0.3 is 10.1 Å². The van der Waals surface area contributed by atoms with Crippen molar-refractivity contribution in [3.63, 3.8) is 0 Å². The molecule has 0 spiro atoms. The highest BCUT2D eigenvalue weighted by Crippen LogP contribution is 2.31. The van der Waals surface area contributed by atoms with Gasteiger partial charge in [-0.05, 0) is 82.7 Å². The van der Waals surface area contributed by atoms with E-state index in [9.17, 15) is 16.8 Å². The number of anilines is 4. The molecule has 3 N–H and O–H groups in total. The summed E-state index contributed by atoms with van der Waals surface area (Å²) >= 11 is 4.33. The molecule has 5 rings (SSSR count). The van der Waals surface area contributed by atoms with Crippen LogP contribution in [0.15, 0.2) is 97.8 Å². The third-order valence-corrected chi connectivity index (χ3v) is 10.2. The van der Waals surface area contributed by atoms with Crippen LogP contribution in [0.3, 0.4) is 0 Å². The van der Waals surface area contributed by atoms with E-state index in [4.69, 9.17) is 4.74 Å². The SMILES string of the molecule is COc1ccc(NS(=O)(=O)c2cccc(Nc3nc4ccccc4nc3NS(=O)(=O)c3ccc(Br)s3)c2)cc1. The monoisotopic (exact) mass is 645 g/mol. The molecule has 0 bridgehead atoms. The van der Waals surface area contributed by atoms with Crippen molar-refractivity contribution in [1.29, 1.82) is 0 Å². The van der Waals surface area contributed by atoms with Gasteiger partial charge in [0, 0.05) is 11.4 Å². The standard InChI is InChI=1S/C25H20BrN5O5S3/c1-36-18-11-9-16(10-12-18)30-38(32,33)19-6-4-5-17(15-19)27-24-25(29-21-8-3-2-7-20(21)28-24)31-39(34,35)23-14-13-22(26)37-23/h2-15,30H,1H3,(H,27,28)(H,29,31). The number of halogens is 1. The highest BCUT2D eigenvalue weighted by atomic mass is 79.9. The van der Waals surface area contributed by atoms with Gasteiger partial charge in [0.05, 0.1) is 26.8 Å². The third-order valence-electron chi connectivity index (χ3n) is 5.36. The van der Waals surface area contributed by atoms with Crippen LogP contribution in [0.25, 0.3) is 11.0 Å². The Morgan fingerprint density at radius 1 is 0.744 bits per heavy atom. The van der Waals surface area contributed by atoms with Crippen molar-refractivity contribution in [3.8, 4) is 5.75 Å². The summed E-state index contributed by atoms with van der Waals surface area (Å²) in [6, 6.07) is 22.6. The summed E-state index contributed by atoms with van der Waals surface area (Å²) in [5.41, 5.74) is 1.72. The fourth-order valence-electron chi connectivity index (χ4n) is 3.53. The van der Waals surface area contributed by atoms with E-state index in [1.165, 1.54) is 25.3 Å². The molecule has 0 amide bonds. The minimum absolute atomic E-state index is 0.0115. The Bertz CT molecular complexity index is 1880. The van der Waals surface area contributed by atoms with E-state index in [1.54, 1.807) is 66.7 Å². The van der Waals surface area contributed by atoms with E-state index >= 15 is 0 Å². The van der Waals surface area contributed by atoms with Gasteiger partial charge >= 0.3 is 0 Å². The summed E-state index contributed by atoms with van der Waals surface area (Å²) in [5, 5.41) is 3.02. The minimum atomic E-state index is -3.97. The number of sulfonamides is 2. The molecule has 200 valence electrons. The number of nitrogens with one attached hydrogen (secondary N) is 3. The van der Waals surface area contributed by atoms with Crippen LogP contribution in [-0.4, -0.2) is 33.9 Å². The van der Waals surface area contributed by atoms with E-state index in [0.29, 0.717) is 31.9 Å². The van der Waals surface area contributed by atoms with Gasteiger partial charge in [0.2, 0.25) is 0 Å². The number of nitrogens with zero attached hydrogens (tertiary/aromatic N) is 2. The van der Waals surface area contributed by atoms with E-state index < -0.39 is 20.0 Å². The molecule has 10 nitrogen and oxygen atoms in total. The third kappa shape index (κ3) is 6.14. The van der Waals surface area contributed by atoms with Crippen molar-refractivity contribution in [1.82, 2.24) is 9.97 Å². The van der Waals surface area contributed by atoms with Gasteiger partial charge in [-0.3, -0.25) is 9.44 Å². The van der Waals surface area contributed by atoms with Gasteiger partial charge in [0.15, 0.2) is 11.6 Å². The Morgan fingerprint density at radius 2 is 1.44 bits per heavy atom. The topological polar surface area (TPSA) is 139 Å². The molecule has 0 saturated heterocycles. The van der Waals surface area contributed by atoms with E-state index in [0.717, 1.165) is 11.3 Å². The molecular formula is C25H20BrN5O5S3. The van der Waals surface area contributed by atoms with Crippen LogP contribution in [0.5, 0.6) is 5.75 Å². The molecule has 0 aliphatic heterocycles. The molecule has 0 unspecified atom stereocenters. The lowest BCUT2D eigenvalue weighted by Gasteiger charge is -2.14. The maximum atomic E-state index is 13.1. The van der Waals surface area contributed by atoms with Crippen molar-refractivity contribution < 1.29 is 21.6 Å². The number of benzene rings is 3. The Hall–Kier alpha value is -3.72. The van der Waals surface area contributed by atoms with Crippen molar-refractivity contribution in [2.45, 2.75) is 9.10 Å². The highest BCUT2D eigenvalue weighted by molar-refractivity contribution is 9.11. The summed E-state index contributed by atoms with van der Waals surface area (Å²) in [5.74, 6) is 0.659. The molecule has 39 heavy (non-hydrogen) atoms. The second-order valence-electron chi connectivity index (χ2n) is 8.06. The molecule has 2 aromatic heterocycles. The van der Waals surface area contributed by atoms with E-state index in [2.05, 4.69) is 40.7 Å². The number of ether oxygens (including phenoxy) is 1. The number of hydrogen-bond donors (Lipinski definition) is 3. The quantitative estimate of drug-likeness (QED) is 0.183. The van der Waals surface area contributed by atoms with Gasteiger partial charge in [0.25, 0.3) is 20.0 Å². The Kier molecular flexibility index (Phi) is 7.44. The largest absolute Gasteiger partial charge is 0.497 e. The number of rotatable bonds is 9. The molecule has 0 aliphatic rings. The zero-order chi connectivity index (χ0) is 27.6. The smallest absolute Gasteiger partial charge is 0.272 e. The van der Waals surface area contributed by atoms with Gasteiger partial charge in [0.1, 0.15) is 9.96 Å². The molecule has 2 heterocycles. The summed E-state index contributed by atoms with van der Waals surface area (Å²) in [6.45, 7) is 0. The highest BCUT2D eigenvalue weighted by Gasteiger charge is 2.21. The molecule has 0 atom stereocenters. The molecular weight excluding hydrogens is 626 g/mol. The average molecular weight is 647 g/mol. The van der Waals surface area contributed by atoms with Gasteiger partial charge in [-0.25, -0.2) is 26.8 Å². The molecule has 5 aromatic rings. The van der Waals surface area contributed by atoms with Gasteiger partial charge in [-0.2, -0.15) is 0 Å². The Labute approximate surface area is 237 Å². The molecule has 0 fully saturated rings. The maximum absolute atomic E-state index is 13.1. The van der Waals surface area contributed by atoms with Crippen molar-refractivity contribution >= 4 is 81.4 Å². The van der Waals surface area contributed by atoms with Crippen LogP contribution >= 0.6 is 27.3 Å². The normalized spacial score (nSPS) is 11.7. The van der Waals surface area contributed by atoms with Crippen LogP contribution in [-0.2, 0) is 20.0 Å². The van der Waals surface area contributed by atoms with Crippen LogP contribution in [0.1, 0.15) is 0 Å². The molecule has 0 aliphatic carbocycles. The van der Waals surface area contributed by atoms with Gasteiger partial charge in [-0.15, -0.1) is 11.3 Å². The fourth-order valence-corrected chi connectivity index (χ4v) is 7.65. The first-order valence-corrected chi connectivity index (χ1v) is 15.8. The number of hydrogen-bond acceptors (Lipinski definition) is 9. The molecule has 14 heteroatoms. The second-order valence-corrected chi connectivity index (χ2v) is 14.1. The fraction of sp³-hybridized carbons (Fsp3) is 0.0400. The lowest BCUT2D eigenvalue weighted by atomic mass is 10.3. The van der Waals surface area contributed by atoms with E-state index in [1.807, 2.05) is 0 Å². The lowest BCUT2D eigenvalue weighted by molar-refractivity contribution is 0.415. The summed E-state index contributed by atoms with van der Waals surface area (Å²) in [4.78, 5) is 9.00. The summed E-state index contributed by atoms with van der Waals surface area (Å²) in [6.07, 6.45) is 0. The van der Waals surface area contributed by atoms with E-state index in [-0.39, 0.29) is 20.7 Å². The predicted octanol–water partition coefficient (Wildman–Crippen LogP) is 5.81. The molecule has 0 saturated carbocycles. The number of methoxy groups -OCH3 is 1. The summed E-state index contributed by atoms with van der Waals surface area (Å²) < 4.78 is 63.1. The minimum Gasteiger partial charge on any atom is -0.497 e. The van der Waals surface area contributed by atoms with Crippen molar-refractivity contribution in [2.75, 3.05) is 21.9 Å². The average Bonchev–Trinajstić information content (AvgIpc) is 3.37. The van der Waals surface area contributed by atoms with Crippen molar-refractivity contribution in [3.05, 3.63) is 88.7 Å². The lowest BCUT2D eigenvalue weighted by Crippen LogP contribution is -2.15. The zero-order valence-corrected chi connectivity index (χ0v) is 24.2. The number of aromatic nitrogens is 2. The van der Waals surface area contributed by atoms with Crippen molar-refractivity contribution in [2.24, 2.45) is 0 Å². The van der Waals surface area contributed by atoms with Crippen LogP contribution < -0.4 is 19.5 Å². The van der Waals surface area contributed by atoms with Crippen LogP contribution in [0.2, 0.25) is 0 Å². The summed E-state index contributed by atoms with van der Waals surface area (Å²) in [7, 11) is -6.38. The number of fused-ring (bicyclic) bond motifs is 1. The first kappa shape index (κ1) is 26.9. The molecule has 0 radical (unpaired) electrons. The van der Waals surface area contributed by atoms with Gasteiger partial charge in [-0.1, -0.05) is 18.2 Å².